The lowest BCUT2D eigenvalue weighted by Crippen LogP contribution is -2.16. The van der Waals surface area contributed by atoms with Crippen molar-refractivity contribution in [2.75, 3.05) is 6.61 Å². The molecule has 3 rings (SSSR count). The van der Waals surface area contributed by atoms with Crippen LogP contribution in [0.3, 0.4) is 0 Å². The van der Waals surface area contributed by atoms with Crippen LogP contribution in [0.4, 0.5) is 9.59 Å². The molecule has 0 radical (unpaired) electrons. The second kappa shape index (κ2) is 6.41. The fourth-order valence-corrected chi connectivity index (χ4v) is 2.45. The zero-order valence-corrected chi connectivity index (χ0v) is 12.9. The van der Waals surface area contributed by atoms with Gasteiger partial charge in [-0.05, 0) is 19.1 Å². The van der Waals surface area contributed by atoms with Crippen LogP contribution in [-0.4, -0.2) is 28.6 Å². The third kappa shape index (κ3) is 2.79. The minimum Gasteiger partial charge on any atom is -0.448 e. The number of hydrogen-bond donors (Lipinski definition) is 1. The molecule has 0 saturated carbocycles. The zero-order valence-electron chi connectivity index (χ0n) is 12.9. The maximum absolute atomic E-state index is 12.2. The van der Waals surface area contributed by atoms with Crippen molar-refractivity contribution in [1.82, 2.24) is 9.78 Å². The number of carbonyl (C=O) groups is 2. The van der Waals surface area contributed by atoms with Gasteiger partial charge < -0.3 is 15.2 Å². The molecule has 1 heterocycles. The maximum Gasteiger partial charge on any atom is 0.435 e. The van der Waals surface area contributed by atoms with Crippen molar-refractivity contribution in [1.29, 1.82) is 0 Å². The summed E-state index contributed by atoms with van der Waals surface area (Å²) in [5.41, 5.74) is 6.87. The first-order valence-corrected chi connectivity index (χ1v) is 7.33. The van der Waals surface area contributed by atoms with Gasteiger partial charge >= 0.3 is 12.2 Å². The SMILES string of the molecule is CCOC(=O)n1nc(-c2ccccc2)c2c(OC(N)=O)cccc21. The average Bonchev–Trinajstić information content (AvgIpc) is 2.96. The summed E-state index contributed by atoms with van der Waals surface area (Å²) in [6.45, 7) is 1.93. The van der Waals surface area contributed by atoms with Gasteiger partial charge in [-0.25, -0.2) is 9.59 Å². The van der Waals surface area contributed by atoms with Gasteiger partial charge in [0.2, 0.25) is 0 Å². The van der Waals surface area contributed by atoms with E-state index >= 15 is 0 Å². The predicted molar refractivity (Wildman–Crippen MR) is 87.8 cm³/mol. The number of benzene rings is 2. The number of primary amides is 1. The first-order chi connectivity index (χ1) is 11.6. The molecule has 3 aromatic rings. The van der Waals surface area contributed by atoms with Crippen LogP contribution in [-0.2, 0) is 4.74 Å². The van der Waals surface area contributed by atoms with Crippen molar-refractivity contribution >= 4 is 23.1 Å². The van der Waals surface area contributed by atoms with Crippen LogP contribution < -0.4 is 10.5 Å². The first-order valence-electron chi connectivity index (χ1n) is 7.33. The molecule has 0 aliphatic heterocycles. The number of nitrogens with zero attached hydrogens (tertiary/aromatic N) is 2. The lowest BCUT2D eigenvalue weighted by atomic mass is 10.1. The number of hydrogen-bond acceptors (Lipinski definition) is 5. The highest BCUT2D eigenvalue weighted by Gasteiger charge is 2.21. The third-order valence-electron chi connectivity index (χ3n) is 3.37. The van der Waals surface area contributed by atoms with Gasteiger partial charge in [-0.3, -0.25) is 0 Å². The molecule has 0 fully saturated rings. The quantitative estimate of drug-likeness (QED) is 0.798. The molecule has 1 amide bonds. The van der Waals surface area contributed by atoms with E-state index in [1.165, 1.54) is 0 Å². The van der Waals surface area contributed by atoms with Gasteiger partial charge in [0, 0.05) is 5.56 Å². The van der Waals surface area contributed by atoms with Crippen LogP contribution in [0.15, 0.2) is 48.5 Å². The van der Waals surface area contributed by atoms with Crippen molar-refractivity contribution in [2.24, 2.45) is 5.73 Å². The second-order valence-corrected chi connectivity index (χ2v) is 4.90. The minimum atomic E-state index is -0.939. The highest BCUT2D eigenvalue weighted by Crippen LogP contribution is 2.35. The Balaban J connectivity index is 2.29. The highest BCUT2D eigenvalue weighted by atomic mass is 16.6. The fraction of sp³-hybridized carbons (Fsp3) is 0.118. The van der Waals surface area contributed by atoms with Crippen molar-refractivity contribution in [3.63, 3.8) is 0 Å². The summed E-state index contributed by atoms with van der Waals surface area (Å²) in [7, 11) is 0. The van der Waals surface area contributed by atoms with Gasteiger partial charge in [0.1, 0.15) is 11.4 Å². The van der Waals surface area contributed by atoms with Crippen molar-refractivity contribution in [3.8, 4) is 17.0 Å². The molecular weight excluding hydrogens is 310 g/mol. The molecule has 0 aliphatic rings. The van der Waals surface area contributed by atoms with Crippen LogP contribution in [0.25, 0.3) is 22.2 Å². The van der Waals surface area contributed by atoms with Crippen molar-refractivity contribution < 1.29 is 19.1 Å². The monoisotopic (exact) mass is 325 g/mol. The van der Waals surface area contributed by atoms with Crippen LogP contribution in [0.1, 0.15) is 6.92 Å². The molecule has 1 aromatic heterocycles. The largest absolute Gasteiger partial charge is 0.448 e. The number of rotatable bonds is 3. The number of amides is 1. The zero-order chi connectivity index (χ0) is 17.1. The predicted octanol–water partition coefficient (Wildman–Crippen LogP) is 3.17. The summed E-state index contributed by atoms with van der Waals surface area (Å²) in [6, 6.07) is 14.2. The summed E-state index contributed by atoms with van der Waals surface area (Å²) in [5.74, 6) is 0.231. The van der Waals surface area contributed by atoms with Gasteiger partial charge in [-0.15, -0.1) is 0 Å². The highest BCUT2D eigenvalue weighted by molar-refractivity contribution is 6.02. The van der Waals surface area contributed by atoms with Crippen molar-refractivity contribution in [3.05, 3.63) is 48.5 Å². The lowest BCUT2D eigenvalue weighted by molar-refractivity contribution is 0.151. The molecule has 0 unspecified atom stereocenters. The first kappa shape index (κ1) is 15.5. The Bertz CT molecular complexity index is 903. The molecule has 0 atom stereocenters. The van der Waals surface area contributed by atoms with Crippen LogP contribution in [0, 0.1) is 0 Å². The lowest BCUT2D eigenvalue weighted by Gasteiger charge is -2.05. The molecule has 2 N–H and O–H groups in total. The number of ether oxygens (including phenoxy) is 2. The Morgan fingerprint density at radius 2 is 1.88 bits per heavy atom. The molecule has 7 nitrogen and oxygen atoms in total. The Kier molecular flexibility index (Phi) is 4.15. The number of carbonyl (C=O) groups excluding carboxylic acids is 2. The standard InChI is InChI=1S/C17H15N3O4/c1-2-23-17(22)20-12-9-6-10-13(24-16(18)21)14(12)15(19-20)11-7-4-3-5-8-11/h3-10H,2H2,1H3,(H2,18,21). The topological polar surface area (TPSA) is 96.4 Å². The Morgan fingerprint density at radius 1 is 1.12 bits per heavy atom. The Labute approximate surface area is 137 Å². The van der Waals surface area contributed by atoms with E-state index in [9.17, 15) is 9.59 Å². The van der Waals surface area contributed by atoms with Gasteiger partial charge in [0.15, 0.2) is 0 Å². The van der Waals surface area contributed by atoms with Gasteiger partial charge in [0.25, 0.3) is 0 Å². The number of fused-ring (bicyclic) bond motifs is 1. The molecular formula is C17H15N3O4. The van der Waals surface area contributed by atoms with Crippen molar-refractivity contribution in [2.45, 2.75) is 6.92 Å². The molecule has 0 saturated heterocycles. The van der Waals surface area contributed by atoms with E-state index in [2.05, 4.69) is 5.10 Å². The molecule has 0 aliphatic carbocycles. The van der Waals surface area contributed by atoms with E-state index in [1.54, 1.807) is 25.1 Å². The number of aromatic nitrogens is 2. The van der Waals surface area contributed by atoms with E-state index in [4.69, 9.17) is 15.2 Å². The normalized spacial score (nSPS) is 10.5. The summed E-state index contributed by atoms with van der Waals surface area (Å²) in [4.78, 5) is 23.4. The molecule has 7 heteroatoms. The fourth-order valence-electron chi connectivity index (χ4n) is 2.45. The second-order valence-electron chi connectivity index (χ2n) is 4.90. The maximum atomic E-state index is 12.2. The van der Waals surface area contributed by atoms with Crippen LogP contribution >= 0.6 is 0 Å². The molecule has 0 bridgehead atoms. The summed E-state index contributed by atoms with van der Waals surface area (Å²) in [5, 5.41) is 4.87. The van der Waals surface area contributed by atoms with Crippen LogP contribution in [0.2, 0.25) is 0 Å². The van der Waals surface area contributed by atoms with Gasteiger partial charge in [-0.2, -0.15) is 9.78 Å². The summed E-state index contributed by atoms with van der Waals surface area (Å²) >= 11 is 0. The third-order valence-corrected chi connectivity index (χ3v) is 3.37. The Hall–Kier alpha value is -3.35. The van der Waals surface area contributed by atoms with Crippen LogP contribution in [0.5, 0.6) is 5.75 Å². The molecule has 0 spiro atoms. The molecule has 24 heavy (non-hydrogen) atoms. The smallest absolute Gasteiger partial charge is 0.435 e. The van der Waals surface area contributed by atoms with E-state index in [1.807, 2.05) is 30.3 Å². The Morgan fingerprint density at radius 3 is 2.54 bits per heavy atom. The van der Waals surface area contributed by atoms with Gasteiger partial charge in [0.05, 0.1) is 17.5 Å². The molecule has 122 valence electrons. The number of nitrogens with two attached hydrogens (primary N) is 1. The van der Waals surface area contributed by atoms with E-state index < -0.39 is 12.2 Å². The molecule has 2 aromatic carbocycles. The summed E-state index contributed by atoms with van der Waals surface area (Å²) in [6.07, 6.45) is -1.55. The van der Waals surface area contributed by atoms with E-state index in [-0.39, 0.29) is 12.4 Å². The van der Waals surface area contributed by atoms with E-state index in [0.29, 0.717) is 16.6 Å². The average molecular weight is 325 g/mol. The summed E-state index contributed by atoms with van der Waals surface area (Å²) < 4.78 is 11.3. The minimum absolute atomic E-state index is 0.221. The van der Waals surface area contributed by atoms with Gasteiger partial charge in [-0.1, -0.05) is 36.4 Å². The van der Waals surface area contributed by atoms with E-state index in [0.717, 1.165) is 10.2 Å².